The van der Waals surface area contributed by atoms with Crippen molar-refractivity contribution in [3.05, 3.63) is 29.8 Å². The van der Waals surface area contributed by atoms with Crippen LogP contribution < -0.4 is 0 Å². The van der Waals surface area contributed by atoms with Crippen LogP contribution in [0.4, 0.5) is 0 Å². The van der Waals surface area contributed by atoms with Gasteiger partial charge in [-0.15, -0.1) is 0 Å². The summed E-state index contributed by atoms with van der Waals surface area (Å²) >= 11 is 0. The van der Waals surface area contributed by atoms with Gasteiger partial charge in [0.15, 0.2) is 5.78 Å². The van der Waals surface area contributed by atoms with Crippen LogP contribution in [0.3, 0.4) is 0 Å². The first kappa shape index (κ1) is 15.7. The Hall–Kier alpha value is -1.73. The number of carboxylic acid groups (broad SMARTS) is 1. The van der Waals surface area contributed by atoms with Crippen LogP contribution in [0.15, 0.2) is 29.2 Å². The van der Waals surface area contributed by atoms with Crippen molar-refractivity contribution in [2.75, 3.05) is 13.1 Å². The van der Waals surface area contributed by atoms with Crippen molar-refractivity contribution in [1.29, 1.82) is 0 Å². The number of aliphatic carboxylic acids is 1. The molecule has 1 fully saturated rings. The van der Waals surface area contributed by atoms with Gasteiger partial charge in [-0.25, -0.2) is 8.42 Å². The van der Waals surface area contributed by atoms with E-state index in [2.05, 4.69) is 0 Å². The number of carbonyl (C=O) groups excluding carboxylic acids is 1. The minimum Gasteiger partial charge on any atom is -0.481 e. The fraction of sp³-hybridized carbons (Fsp3) is 0.429. The Kier molecular flexibility index (Phi) is 4.15. The highest BCUT2D eigenvalue weighted by Crippen LogP contribution is 2.29. The third-order valence-electron chi connectivity index (χ3n) is 3.77. The summed E-state index contributed by atoms with van der Waals surface area (Å²) in [6, 6.07) is 5.81. The van der Waals surface area contributed by atoms with Crippen LogP contribution >= 0.6 is 0 Å². The van der Waals surface area contributed by atoms with Gasteiger partial charge in [-0.2, -0.15) is 4.31 Å². The van der Waals surface area contributed by atoms with E-state index in [1.807, 2.05) is 0 Å². The second-order valence-electron chi connectivity index (χ2n) is 5.33. The first-order valence-electron chi connectivity index (χ1n) is 6.57. The van der Waals surface area contributed by atoms with Gasteiger partial charge >= 0.3 is 5.97 Å². The number of ketones is 1. The largest absolute Gasteiger partial charge is 0.481 e. The monoisotopic (exact) mass is 311 g/mol. The lowest BCUT2D eigenvalue weighted by Crippen LogP contribution is -2.30. The van der Waals surface area contributed by atoms with E-state index in [4.69, 9.17) is 5.11 Å². The zero-order valence-corrected chi connectivity index (χ0v) is 12.6. The lowest BCUT2D eigenvalue weighted by Gasteiger charge is -2.16. The van der Waals surface area contributed by atoms with Crippen molar-refractivity contribution in [2.24, 2.45) is 11.8 Å². The molecule has 1 aromatic carbocycles. The smallest absolute Gasteiger partial charge is 0.308 e. The van der Waals surface area contributed by atoms with Crippen LogP contribution in [0.25, 0.3) is 0 Å². The lowest BCUT2D eigenvalue weighted by molar-refractivity contribution is -0.142. The number of nitrogens with zero attached hydrogens (tertiary/aromatic N) is 1. The summed E-state index contributed by atoms with van der Waals surface area (Å²) < 4.78 is 26.3. The molecule has 2 atom stereocenters. The molecule has 1 saturated heterocycles. The maximum absolute atomic E-state index is 12.5. The summed E-state index contributed by atoms with van der Waals surface area (Å²) in [5, 5.41) is 9.09. The van der Waals surface area contributed by atoms with E-state index in [1.54, 1.807) is 13.0 Å². The van der Waals surface area contributed by atoms with Crippen LogP contribution in [0, 0.1) is 11.8 Å². The average Bonchev–Trinajstić information content (AvgIpc) is 2.82. The molecule has 0 aliphatic carbocycles. The Morgan fingerprint density at radius 3 is 2.48 bits per heavy atom. The average molecular weight is 311 g/mol. The minimum absolute atomic E-state index is 0.0217. The molecular formula is C14H17NO5S. The highest BCUT2D eigenvalue weighted by atomic mass is 32.2. The third-order valence-corrected chi connectivity index (χ3v) is 5.60. The highest BCUT2D eigenvalue weighted by Gasteiger charge is 2.40. The molecule has 21 heavy (non-hydrogen) atoms. The van der Waals surface area contributed by atoms with Gasteiger partial charge in [0.05, 0.1) is 10.8 Å². The number of sulfonamides is 1. The molecule has 0 bridgehead atoms. The van der Waals surface area contributed by atoms with Gasteiger partial charge in [0.1, 0.15) is 0 Å². The summed E-state index contributed by atoms with van der Waals surface area (Å²) in [6.07, 6.45) is 0. The van der Waals surface area contributed by atoms with Crippen LogP contribution in [-0.2, 0) is 14.8 Å². The molecule has 2 unspecified atom stereocenters. The minimum atomic E-state index is -3.78. The Labute approximate surface area is 123 Å². The maximum Gasteiger partial charge on any atom is 0.308 e. The fourth-order valence-electron chi connectivity index (χ4n) is 2.46. The molecule has 1 aromatic rings. The summed E-state index contributed by atoms with van der Waals surface area (Å²) in [7, 11) is -3.78. The molecule has 1 heterocycles. The zero-order valence-electron chi connectivity index (χ0n) is 11.8. The summed E-state index contributed by atoms with van der Waals surface area (Å²) in [5.41, 5.74) is 0.318. The fourth-order valence-corrected chi connectivity index (χ4v) is 4.08. The van der Waals surface area contributed by atoms with Gasteiger partial charge in [0.2, 0.25) is 10.0 Å². The topological polar surface area (TPSA) is 91.8 Å². The molecule has 114 valence electrons. The van der Waals surface area contributed by atoms with E-state index in [-0.39, 0.29) is 29.7 Å². The van der Waals surface area contributed by atoms with E-state index in [1.165, 1.54) is 29.4 Å². The second-order valence-corrected chi connectivity index (χ2v) is 7.27. The van der Waals surface area contributed by atoms with Gasteiger partial charge in [-0.05, 0) is 25.0 Å². The molecule has 0 amide bonds. The van der Waals surface area contributed by atoms with Crippen molar-refractivity contribution < 1.29 is 23.1 Å². The number of carbonyl (C=O) groups is 2. The van der Waals surface area contributed by atoms with E-state index in [0.717, 1.165) is 0 Å². The number of hydrogen-bond donors (Lipinski definition) is 1. The van der Waals surface area contributed by atoms with Crippen molar-refractivity contribution in [1.82, 2.24) is 4.31 Å². The molecule has 7 heteroatoms. The molecule has 1 aliphatic rings. The zero-order chi connectivity index (χ0) is 15.8. The van der Waals surface area contributed by atoms with Gasteiger partial charge in [-0.1, -0.05) is 19.1 Å². The molecule has 0 radical (unpaired) electrons. The molecule has 2 rings (SSSR count). The number of rotatable bonds is 4. The summed E-state index contributed by atoms with van der Waals surface area (Å²) in [6.45, 7) is 3.22. The summed E-state index contributed by atoms with van der Waals surface area (Å²) in [4.78, 5) is 22.5. The van der Waals surface area contributed by atoms with Crippen LogP contribution in [0.2, 0.25) is 0 Å². The molecule has 0 aromatic heterocycles. The molecule has 1 aliphatic heterocycles. The number of carboxylic acids is 1. The molecule has 1 N–H and O–H groups in total. The highest BCUT2D eigenvalue weighted by molar-refractivity contribution is 7.89. The van der Waals surface area contributed by atoms with Crippen LogP contribution in [0.5, 0.6) is 0 Å². The standard InChI is InChI=1S/C14H17NO5S/c1-9-7-15(8-13(9)14(17)18)21(19,20)12-5-3-4-11(6-12)10(2)16/h3-6,9,13H,7-8H2,1-2H3,(H,17,18). The van der Waals surface area contributed by atoms with E-state index in [9.17, 15) is 18.0 Å². The van der Waals surface area contributed by atoms with Gasteiger partial charge in [0, 0.05) is 18.7 Å². The SMILES string of the molecule is CC(=O)c1cccc(S(=O)(=O)N2CC(C)C(C(=O)O)C2)c1. The molecule has 0 spiro atoms. The quantitative estimate of drug-likeness (QED) is 0.844. The van der Waals surface area contributed by atoms with Crippen molar-refractivity contribution >= 4 is 21.8 Å². The molecule has 6 nitrogen and oxygen atoms in total. The van der Waals surface area contributed by atoms with Crippen molar-refractivity contribution in [3.8, 4) is 0 Å². The summed E-state index contributed by atoms with van der Waals surface area (Å²) in [5.74, 6) is -2.15. The van der Waals surface area contributed by atoms with E-state index < -0.39 is 21.9 Å². The normalized spacial score (nSPS) is 23.1. The lowest BCUT2D eigenvalue weighted by atomic mass is 9.99. The molecular weight excluding hydrogens is 294 g/mol. The van der Waals surface area contributed by atoms with Gasteiger partial charge < -0.3 is 5.11 Å². The van der Waals surface area contributed by atoms with Crippen molar-refractivity contribution in [2.45, 2.75) is 18.7 Å². The number of Topliss-reactive ketones (excluding diaryl/α,β-unsaturated/α-hetero) is 1. The van der Waals surface area contributed by atoms with Crippen LogP contribution in [-0.4, -0.2) is 42.7 Å². The first-order chi connectivity index (χ1) is 9.73. The Morgan fingerprint density at radius 2 is 1.95 bits per heavy atom. The Morgan fingerprint density at radius 1 is 1.29 bits per heavy atom. The van der Waals surface area contributed by atoms with E-state index >= 15 is 0 Å². The van der Waals surface area contributed by atoms with Gasteiger partial charge in [-0.3, -0.25) is 9.59 Å². The second kappa shape index (κ2) is 5.57. The predicted molar refractivity (Wildman–Crippen MR) is 75.5 cm³/mol. The van der Waals surface area contributed by atoms with E-state index in [0.29, 0.717) is 5.56 Å². The third kappa shape index (κ3) is 2.98. The van der Waals surface area contributed by atoms with Crippen LogP contribution in [0.1, 0.15) is 24.2 Å². The van der Waals surface area contributed by atoms with Gasteiger partial charge in [0.25, 0.3) is 0 Å². The number of benzene rings is 1. The maximum atomic E-state index is 12.5. The Balaban J connectivity index is 2.33. The first-order valence-corrected chi connectivity index (χ1v) is 8.01. The number of hydrogen-bond acceptors (Lipinski definition) is 4. The van der Waals surface area contributed by atoms with Crippen molar-refractivity contribution in [3.63, 3.8) is 0 Å². The molecule has 0 saturated carbocycles. The predicted octanol–water partition coefficient (Wildman–Crippen LogP) is 1.23. The Bertz CT molecular complexity index is 682.